The van der Waals surface area contributed by atoms with E-state index in [0.29, 0.717) is 0 Å². The molecule has 3 rings (SSSR count). The number of aryl methyl sites for hydroxylation is 1. The highest BCUT2D eigenvalue weighted by atomic mass is 16.5. The Hall–Kier alpha value is -1.87. The minimum atomic E-state index is -0.424. The zero-order valence-electron chi connectivity index (χ0n) is 10.7. The molecule has 0 spiro atoms. The summed E-state index contributed by atoms with van der Waals surface area (Å²) >= 11 is 0. The van der Waals surface area contributed by atoms with Crippen LogP contribution in [0.2, 0.25) is 0 Å². The second-order valence-electron chi connectivity index (χ2n) is 4.88. The van der Waals surface area contributed by atoms with Gasteiger partial charge in [0, 0.05) is 18.8 Å². The average molecular weight is 255 g/mol. The third kappa shape index (κ3) is 2.76. The maximum Gasteiger partial charge on any atom is 0.122 e. The van der Waals surface area contributed by atoms with E-state index < -0.39 is 6.10 Å². The molecule has 0 radical (unpaired) electrons. The molecule has 1 unspecified atom stereocenters. The summed E-state index contributed by atoms with van der Waals surface area (Å²) in [5, 5.41) is 10.1. The first-order valence-corrected chi connectivity index (χ1v) is 6.65. The van der Waals surface area contributed by atoms with Gasteiger partial charge < -0.3 is 9.84 Å². The highest BCUT2D eigenvalue weighted by molar-refractivity contribution is 5.39. The Labute approximate surface area is 112 Å². The van der Waals surface area contributed by atoms with E-state index >= 15 is 0 Å². The number of hydrogen-bond acceptors (Lipinski definition) is 3. The lowest BCUT2D eigenvalue weighted by Gasteiger charge is -2.11. The lowest BCUT2D eigenvalue weighted by atomic mass is 10.0. The van der Waals surface area contributed by atoms with Gasteiger partial charge in [-0.3, -0.25) is 4.98 Å². The number of aliphatic hydroxyl groups is 1. The van der Waals surface area contributed by atoms with Crippen LogP contribution in [0.25, 0.3) is 0 Å². The number of nitrogens with zero attached hydrogens (tertiary/aromatic N) is 1. The van der Waals surface area contributed by atoms with Crippen LogP contribution in [0, 0.1) is 0 Å². The van der Waals surface area contributed by atoms with Gasteiger partial charge in [0.2, 0.25) is 0 Å². The molecule has 0 fully saturated rings. The second-order valence-corrected chi connectivity index (χ2v) is 4.88. The van der Waals surface area contributed by atoms with Crippen LogP contribution in [-0.4, -0.2) is 16.7 Å². The van der Waals surface area contributed by atoms with Crippen molar-refractivity contribution in [3.05, 3.63) is 59.4 Å². The van der Waals surface area contributed by atoms with Crippen LogP contribution < -0.4 is 4.74 Å². The summed E-state index contributed by atoms with van der Waals surface area (Å²) < 4.78 is 5.49. The Morgan fingerprint density at radius 3 is 2.89 bits per heavy atom. The van der Waals surface area contributed by atoms with Crippen molar-refractivity contribution < 1.29 is 9.84 Å². The first-order chi connectivity index (χ1) is 9.33. The van der Waals surface area contributed by atoms with E-state index in [1.54, 1.807) is 12.4 Å². The third-order valence-corrected chi connectivity index (χ3v) is 3.55. The predicted molar refractivity (Wildman–Crippen MR) is 73.2 cm³/mol. The molecule has 1 aromatic heterocycles. The molecule has 3 heteroatoms. The van der Waals surface area contributed by atoms with Crippen molar-refractivity contribution in [2.24, 2.45) is 0 Å². The maximum atomic E-state index is 10.1. The number of ether oxygens (including phenoxy) is 1. The van der Waals surface area contributed by atoms with Crippen molar-refractivity contribution in [2.45, 2.75) is 25.4 Å². The molecule has 1 N–H and O–H groups in total. The number of rotatable bonds is 4. The fourth-order valence-electron chi connectivity index (χ4n) is 2.45. The minimum absolute atomic E-state index is 0.424. The van der Waals surface area contributed by atoms with E-state index in [-0.39, 0.29) is 0 Å². The molecule has 0 aliphatic carbocycles. The molecular weight excluding hydrogens is 238 g/mol. The van der Waals surface area contributed by atoms with Crippen LogP contribution >= 0.6 is 0 Å². The van der Waals surface area contributed by atoms with E-state index in [1.165, 1.54) is 11.1 Å². The zero-order chi connectivity index (χ0) is 13.1. The van der Waals surface area contributed by atoms with Gasteiger partial charge in [-0.1, -0.05) is 12.1 Å². The van der Waals surface area contributed by atoms with E-state index in [2.05, 4.69) is 17.1 Å². The molecule has 0 amide bonds. The lowest BCUT2D eigenvalue weighted by molar-refractivity contribution is 0.167. The summed E-state index contributed by atoms with van der Waals surface area (Å²) in [5.41, 5.74) is 3.48. The van der Waals surface area contributed by atoms with Gasteiger partial charge in [0.1, 0.15) is 5.75 Å². The summed E-state index contributed by atoms with van der Waals surface area (Å²) in [6.07, 6.45) is 5.60. The smallest absolute Gasteiger partial charge is 0.122 e. The Kier molecular flexibility index (Phi) is 3.47. The quantitative estimate of drug-likeness (QED) is 0.913. The van der Waals surface area contributed by atoms with Gasteiger partial charge in [0.25, 0.3) is 0 Å². The first-order valence-electron chi connectivity index (χ1n) is 6.65. The molecule has 2 heterocycles. The van der Waals surface area contributed by atoms with Crippen molar-refractivity contribution in [3.63, 3.8) is 0 Å². The molecule has 19 heavy (non-hydrogen) atoms. The van der Waals surface area contributed by atoms with Gasteiger partial charge >= 0.3 is 0 Å². The fourth-order valence-corrected chi connectivity index (χ4v) is 2.45. The fraction of sp³-hybridized carbons (Fsp3) is 0.312. The van der Waals surface area contributed by atoms with E-state index in [4.69, 9.17) is 4.74 Å². The average Bonchev–Trinajstić information content (AvgIpc) is 2.93. The minimum Gasteiger partial charge on any atom is -0.493 e. The van der Waals surface area contributed by atoms with Gasteiger partial charge in [0.15, 0.2) is 0 Å². The van der Waals surface area contributed by atoms with Crippen LogP contribution in [0.15, 0.2) is 42.7 Å². The number of benzene rings is 1. The zero-order valence-corrected chi connectivity index (χ0v) is 10.7. The van der Waals surface area contributed by atoms with Crippen LogP contribution in [-0.2, 0) is 12.8 Å². The first kappa shape index (κ1) is 12.2. The van der Waals surface area contributed by atoms with Gasteiger partial charge in [-0.15, -0.1) is 0 Å². The van der Waals surface area contributed by atoms with Crippen molar-refractivity contribution in [3.8, 4) is 5.75 Å². The summed E-state index contributed by atoms with van der Waals surface area (Å²) in [4.78, 5) is 3.96. The largest absolute Gasteiger partial charge is 0.493 e. The molecule has 0 saturated carbocycles. The lowest BCUT2D eigenvalue weighted by Crippen LogP contribution is -2.00. The summed E-state index contributed by atoms with van der Waals surface area (Å²) in [5.74, 6) is 1.01. The van der Waals surface area contributed by atoms with Crippen LogP contribution in [0.3, 0.4) is 0 Å². The number of hydrogen-bond donors (Lipinski definition) is 1. The second kappa shape index (κ2) is 5.41. The van der Waals surface area contributed by atoms with Crippen LogP contribution in [0.5, 0.6) is 5.75 Å². The number of fused-ring (bicyclic) bond motifs is 1. The number of pyridine rings is 1. The van der Waals surface area contributed by atoms with Crippen molar-refractivity contribution in [1.29, 1.82) is 0 Å². The Balaban J connectivity index is 1.63. The molecule has 1 aromatic carbocycles. The SMILES string of the molecule is OC(CCc1ccc2c(c1)CCO2)c1ccncc1. The van der Waals surface area contributed by atoms with E-state index in [9.17, 15) is 5.11 Å². The summed E-state index contributed by atoms with van der Waals surface area (Å²) in [6, 6.07) is 10.0. The predicted octanol–water partition coefficient (Wildman–Crippen LogP) is 2.68. The van der Waals surface area contributed by atoms with Crippen molar-refractivity contribution in [2.75, 3.05) is 6.61 Å². The van der Waals surface area contributed by atoms with Crippen LogP contribution in [0.4, 0.5) is 0 Å². The highest BCUT2D eigenvalue weighted by Gasteiger charge is 2.13. The molecular formula is C16H17NO2. The molecule has 1 aliphatic heterocycles. The van der Waals surface area contributed by atoms with Gasteiger partial charge in [-0.05, 0) is 47.7 Å². The summed E-state index contributed by atoms with van der Waals surface area (Å²) in [6.45, 7) is 0.790. The topological polar surface area (TPSA) is 42.4 Å². The maximum absolute atomic E-state index is 10.1. The molecule has 1 atom stereocenters. The summed E-state index contributed by atoms with van der Waals surface area (Å²) in [7, 11) is 0. The van der Waals surface area contributed by atoms with Gasteiger partial charge in [-0.2, -0.15) is 0 Å². The van der Waals surface area contributed by atoms with Crippen molar-refractivity contribution >= 4 is 0 Å². The van der Waals surface area contributed by atoms with Crippen molar-refractivity contribution in [1.82, 2.24) is 4.98 Å². The van der Waals surface area contributed by atoms with Gasteiger partial charge in [0.05, 0.1) is 12.7 Å². The standard InChI is InChI=1S/C16H17NO2/c18-15(13-5-8-17-9-6-13)3-1-12-2-4-16-14(11-12)7-10-19-16/h2,4-6,8-9,11,15,18H,1,3,7,10H2. The molecule has 98 valence electrons. The van der Waals surface area contributed by atoms with Gasteiger partial charge in [-0.25, -0.2) is 0 Å². The Morgan fingerprint density at radius 1 is 1.21 bits per heavy atom. The normalized spacial score (nSPS) is 14.8. The Morgan fingerprint density at radius 2 is 2.05 bits per heavy atom. The highest BCUT2D eigenvalue weighted by Crippen LogP contribution is 2.27. The van der Waals surface area contributed by atoms with E-state index in [1.807, 2.05) is 18.2 Å². The molecule has 2 aromatic rings. The third-order valence-electron chi connectivity index (χ3n) is 3.55. The Bertz CT molecular complexity index is 554. The van der Waals surface area contributed by atoms with Crippen LogP contribution in [0.1, 0.15) is 29.2 Å². The molecule has 3 nitrogen and oxygen atoms in total. The molecule has 0 saturated heterocycles. The monoisotopic (exact) mass is 255 g/mol. The molecule has 1 aliphatic rings. The number of aromatic nitrogens is 1. The van der Waals surface area contributed by atoms with E-state index in [0.717, 1.165) is 37.2 Å². The number of aliphatic hydroxyl groups excluding tert-OH is 1. The molecule has 0 bridgehead atoms.